The summed E-state index contributed by atoms with van der Waals surface area (Å²) in [6.45, 7) is 7.35. The highest BCUT2D eigenvalue weighted by Crippen LogP contribution is 2.12. The SMILES string of the molecule is C[C@H]1CN(CCCc2nnnn2-c2ccccc2)C[C@H](C)O1. The number of ether oxygens (including phenoxy) is 1. The van der Waals surface area contributed by atoms with Crippen molar-refractivity contribution in [2.45, 2.75) is 38.9 Å². The lowest BCUT2D eigenvalue weighted by atomic mass is 10.2. The molecular weight excluding hydrogens is 278 g/mol. The van der Waals surface area contributed by atoms with E-state index in [4.69, 9.17) is 4.74 Å². The molecule has 2 atom stereocenters. The van der Waals surface area contributed by atoms with E-state index in [-0.39, 0.29) is 0 Å². The van der Waals surface area contributed by atoms with E-state index in [2.05, 4.69) is 34.3 Å². The molecule has 0 bridgehead atoms. The molecular formula is C16H23N5O. The lowest BCUT2D eigenvalue weighted by Gasteiger charge is -2.35. The second-order valence-corrected chi connectivity index (χ2v) is 5.96. The van der Waals surface area contributed by atoms with Crippen molar-refractivity contribution < 1.29 is 4.74 Å². The summed E-state index contributed by atoms with van der Waals surface area (Å²) in [6.07, 6.45) is 2.56. The Morgan fingerprint density at radius 1 is 1.14 bits per heavy atom. The second-order valence-electron chi connectivity index (χ2n) is 5.96. The van der Waals surface area contributed by atoms with Gasteiger partial charge in [-0.25, -0.2) is 0 Å². The van der Waals surface area contributed by atoms with E-state index in [1.807, 2.05) is 35.0 Å². The van der Waals surface area contributed by atoms with Gasteiger partial charge in [0.1, 0.15) is 0 Å². The smallest absolute Gasteiger partial charge is 0.156 e. The van der Waals surface area contributed by atoms with Crippen molar-refractivity contribution in [1.29, 1.82) is 0 Å². The van der Waals surface area contributed by atoms with Crippen LogP contribution in [-0.2, 0) is 11.2 Å². The number of nitrogens with zero attached hydrogens (tertiary/aromatic N) is 5. The van der Waals surface area contributed by atoms with Crippen LogP contribution in [0, 0.1) is 0 Å². The number of rotatable bonds is 5. The van der Waals surface area contributed by atoms with Gasteiger partial charge in [-0.1, -0.05) is 18.2 Å². The maximum Gasteiger partial charge on any atom is 0.156 e. The topological polar surface area (TPSA) is 56.1 Å². The van der Waals surface area contributed by atoms with Gasteiger partial charge in [0.25, 0.3) is 0 Å². The number of aryl methyl sites for hydroxylation is 1. The summed E-state index contributed by atoms with van der Waals surface area (Å²) in [4.78, 5) is 2.47. The van der Waals surface area contributed by atoms with Gasteiger partial charge < -0.3 is 4.74 Å². The van der Waals surface area contributed by atoms with E-state index in [0.29, 0.717) is 12.2 Å². The minimum Gasteiger partial charge on any atom is -0.373 e. The fourth-order valence-electron chi connectivity index (χ4n) is 3.06. The van der Waals surface area contributed by atoms with Crippen LogP contribution in [0.4, 0.5) is 0 Å². The first-order valence-corrected chi connectivity index (χ1v) is 7.93. The maximum atomic E-state index is 5.77. The van der Waals surface area contributed by atoms with E-state index >= 15 is 0 Å². The number of benzene rings is 1. The van der Waals surface area contributed by atoms with Crippen LogP contribution in [-0.4, -0.2) is 56.9 Å². The van der Waals surface area contributed by atoms with Gasteiger partial charge in [0.15, 0.2) is 5.82 Å². The Hall–Kier alpha value is -1.79. The molecule has 1 saturated heterocycles. The predicted octanol–water partition coefficient (Wildman–Crippen LogP) is 1.70. The van der Waals surface area contributed by atoms with Crippen molar-refractivity contribution in [2.75, 3.05) is 19.6 Å². The standard InChI is InChI=1S/C16H23N5O/c1-13-11-20(12-14(2)22-13)10-6-9-16-17-18-19-21(16)15-7-4-3-5-8-15/h3-5,7-8,13-14H,6,9-12H2,1-2H3/t13-,14-/m0/s1. The van der Waals surface area contributed by atoms with Gasteiger partial charge in [-0.2, -0.15) is 4.68 Å². The summed E-state index contributed by atoms with van der Waals surface area (Å²) in [5.41, 5.74) is 1.01. The third-order valence-electron chi connectivity index (χ3n) is 3.90. The summed E-state index contributed by atoms with van der Waals surface area (Å²) in [7, 11) is 0. The highest BCUT2D eigenvalue weighted by atomic mass is 16.5. The molecule has 0 aliphatic carbocycles. The van der Waals surface area contributed by atoms with Crippen LogP contribution in [0.2, 0.25) is 0 Å². The van der Waals surface area contributed by atoms with E-state index in [9.17, 15) is 0 Å². The van der Waals surface area contributed by atoms with Gasteiger partial charge in [0.2, 0.25) is 0 Å². The van der Waals surface area contributed by atoms with Crippen LogP contribution >= 0.6 is 0 Å². The van der Waals surface area contributed by atoms with Gasteiger partial charge in [-0.3, -0.25) is 4.90 Å². The maximum absolute atomic E-state index is 5.77. The molecule has 1 aliphatic heterocycles. The predicted molar refractivity (Wildman–Crippen MR) is 83.9 cm³/mol. The monoisotopic (exact) mass is 301 g/mol. The fraction of sp³-hybridized carbons (Fsp3) is 0.562. The Labute approximate surface area is 131 Å². The molecule has 3 rings (SSSR count). The summed E-state index contributed by atoms with van der Waals surface area (Å²) in [5, 5.41) is 12.1. The van der Waals surface area contributed by atoms with Crippen LogP contribution in [0.1, 0.15) is 26.1 Å². The molecule has 0 N–H and O–H groups in total. The largest absolute Gasteiger partial charge is 0.373 e. The molecule has 0 saturated carbocycles. The second kappa shape index (κ2) is 6.98. The third-order valence-corrected chi connectivity index (χ3v) is 3.90. The molecule has 6 nitrogen and oxygen atoms in total. The van der Waals surface area contributed by atoms with E-state index in [1.165, 1.54) is 0 Å². The molecule has 0 amide bonds. The summed E-state index contributed by atoms with van der Waals surface area (Å²) < 4.78 is 7.59. The molecule has 1 aromatic carbocycles. The fourth-order valence-corrected chi connectivity index (χ4v) is 3.06. The zero-order valence-corrected chi connectivity index (χ0v) is 13.2. The van der Waals surface area contributed by atoms with Crippen molar-refractivity contribution in [3.05, 3.63) is 36.2 Å². The number of aromatic nitrogens is 4. The summed E-state index contributed by atoms with van der Waals surface area (Å²) in [6, 6.07) is 10.0. The Morgan fingerprint density at radius 2 is 1.86 bits per heavy atom. The Kier molecular flexibility index (Phi) is 4.80. The Morgan fingerprint density at radius 3 is 2.59 bits per heavy atom. The zero-order valence-electron chi connectivity index (χ0n) is 13.2. The Bertz CT molecular complexity index is 575. The highest BCUT2D eigenvalue weighted by Gasteiger charge is 2.21. The van der Waals surface area contributed by atoms with Crippen molar-refractivity contribution in [2.24, 2.45) is 0 Å². The molecule has 0 spiro atoms. The van der Waals surface area contributed by atoms with Crippen LogP contribution in [0.3, 0.4) is 0 Å². The van der Waals surface area contributed by atoms with Gasteiger partial charge >= 0.3 is 0 Å². The molecule has 1 aromatic heterocycles. The van der Waals surface area contributed by atoms with Crippen LogP contribution in [0.15, 0.2) is 30.3 Å². The quantitative estimate of drug-likeness (QED) is 0.841. The average molecular weight is 301 g/mol. The van der Waals surface area contributed by atoms with E-state index in [1.54, 1.807) is 0 Å². The average Bonchev–Trinajstić information content (AvgIpc) is 2.96. The molecule has 0 radical (unpaired) electrons. The molecule has 22 heavy (non-hydrogen) atoms. The molecule has 1 fully saturated rings. The van der Waals surface area contributed by atoms with E-state index < -0.39 is 0 Å². The number of hydrogen-bond donors (Lipinski definition) is 0. The van der Waals surface area contributed by atoms with Gasteiger partial charge in [0, 0.05) is 19.5 Å². The van der Waals surface area contributed by atoms with Crippen molar-refractivity contribution >= 4 is 0 Å². The minimum atomic E-state index is 0.318. The van der Waals surface area contributed by atoms with Crippen molar-refractivity contribution in [3.8, 4) is 5.69 Å². The van der Waals surface area contributed by atoms with Crippen LogP contribution < -0.4 is 0 Å². The van der Waals surface area contributed by atoms with E-state index in [0.717, 1.165) is 44.0 Å². The van der Waals surface area contributed by atoms with Crippen LogP contribution in [0.5, 0.6) is 0 Å². The molecule has 2 aromatic rings. The summed E-state index contributed by atoms with van der Waals surface area (Å²) in [5.74, 6) is 0.917. The van der Waals surface area contributed by atoms with Gasteiger partial charge in [-0.05, 0) is 49.4 Å². The van der Waals surface area contributed by atoms with Gasteiger partial charge in [0.05, 0.1) is 17.9 Å². The number of tetrazole rings is 1. The number of hydrogen-bond acceptors (Lipinski definition) is 5. The first kappa shape index (κ1) is 15.1. The lowest BCUT2D eigenvalue weighted by Crippen LogP contribution is -2.45. The zero-order chi connectivity index (χ0) is 15.4. The molecule has 2 heterocycles. The highest BCUT2D eigenvalue weighted by molar-refractivity contribution is 5.30. The summed E-state index contributed by atoms with van der Waals surface area (Å²) >= 11 is 0. The number of para-hydroxylation sites is 1. The lowest BCUT2D eigenvalue weighted by molar-refractivity contribution is -0.0680. The van der Waals surface area contributed by atoms with Crippen molar-refractivity contribution in [3.63, 3.8) is 0 Å². The molecule has 0 unspecified atom stereocenters. The molecule has 6 heteroatoms. The Balaban J connectivity index is 1.56. The normalized spacial score (nSPS) is 22.8. The molecule has 118 valence electrons. The third kappa shape index (κ3) is 3.69. The first-order valence-electron chi connectivity index (χ1n) is 7.93. The molecule has 1 aliphatic rings. The van der Waals surface area contributed by atoms with Gasteiger partial charge in [-0.15, -0.1) is 5.10 Å². The van der Waals surface area contributed by atoms with Crippen LogP contribution in [0.25, 0.3) is 5.69 Å². The minimum absolute atomic E-state index is 0.318. The number of morpholine rings is 1. The first-order chi connectivity index (χ1) is 10.7. The van der Waals surface area contributed by atoms with Crippen molar-refractivity contribution in [1.82, 2.24) is 25.1 Å².